The van der Waals surface area contributed by atoms with Gasteiger partial charge in [-0.3, -0.25) is 19.2 Å². The number of aliphatic hydroxyl groups excluding tert-OH is 1. The summed E-state index contributed by atoms with van der Waals surface area (Å²) < 4.78 is 6.24. The predicted molar refractivity (Wildman–Crippen MR) is 171 cm³/mol. The smallest absolute Gasteiger partial charge is 0.336 e. The maximum absolute atomic E-state index is 13.0. The second kappa shape index (κ2) is 15.8. The van der Waals surface area contributed by atoms with Crippen LogP contribution in [-0.2, 0) is 28.7 Å². The Labute approximate surface area is 278 Å². The third-order valence-electron chi connectivity index (χ3n) is 12.4. The van der Waals surface area contributed by atoms with Gasteiger partial charge in [0.05, 0.1) is 25.5 Å². The molecule has 2 unspecified atom stereocenters. The van der Waals surface area contributed by atoms with Crippen LogP contribution in [0, 0.1) is 40.4 Å². The molecule has 0 heterocycles. The lowest BCUT2D eigenvalue weighted by Crippen LogP contribution is -2.60. The molecule has 6 N–H and O–H groups in total. The summed E-state index contributed by atoms with van der Waals surface area (Å²) >= 11 is 0. The molecule has 47 heavy (non-hydrogen) atoms. The first kappa shape index (κ1) is 38.9. The topological polar surface area (TPSA) is 208 Å². The predicted octanol–water partition coefficient (Wildman–Crippen LogP) is 4.04. The van der Waals surface area contributed by atoms with E-state index in [1.807, 2.05) is 0 Å². The van der Waals surface area contributed by atoms with Gasteiger partial charge in [-0.1, -0.05) is 34.1 Å². The fourth-order valence-corrected chi connectivity index (χ4v) is 10.1. The lowest BCUT2D eigenvalue weighted by molar-refractivity contribution is -0.202. The van der Waals surface area contributed by atoms with Crippen molar-refractivity contribution in [2.75, 3.05) is 6.54 Å². The summed E-state index contributed by atoms with van der Waals surface area (Å²) in [7, 11) is 0. The minimum Gasteiger partial charge on any atom is -0.481 e. The van der Waals surface area contributed by atoms with Gasteiger partial charge >= 0.3 is 23.9 Å². The van der Waals surface area contributed by atoms with Crippen molar-refractivity contribution >= 4 is 29.7 Å². The fourth-order valence-electron chi connectivity index (χ4n) is 10.1. The highest BCUT2D eigenvalue weighted by Crippen LogP contribution is 2.67. The van der Waals surface area contributed by atoms with Crippen LogP contribution in [0.2, 0.25) is 0 Å². The van der Waals surface area contributed by atoms with Crippen molar-refractivity contribution in [3.8, 4) is 0 Å². The van der Waals surface area contributed by atoms with Gasteiger partial charge in [0, 0.05) is 23.8 Å². The molecule has 12 heteroatoms. The van der Waals surface area contributed by atoms with Crippen molar-refractivity contribution in [2.24, 2.45) is 40.4 Å². The van der Waals surface area contributed by atoms with Gasteiger partial charge in [-0.25, -0.2) is 4.79 Å². The average molecular weight is 668 g/mol. The number of carboxylic acid groups (broad SMARTS) is 3. The van der Waals surface area contributed by atoms with Gasteiger partial charge in [-0.15, -0.1) is 0 Å². The number of nitrogens with one attached hydrogen (secondary N) is 1. The first-order valence-corrected chi connectivity index (χ1v) is 17.4. The van der Waals surface area contributed by atoms with Gasteiger partial charge in [-0.05, 0) is 93.8 Å². The number of carboxylic acids is 3. The number of hydrogen-bond donors (Lipinski definition) is 6. The van der Waals surface area contributed by atoms with E-state index in [0.29, 0.717) is 41.9 Å². The van der Waals surface area contributed by atoms with Crippen LogP contribution in [0.3, 0.4) is 0 Å². The number of aliphatic carboxylic acids is 3. The summed E-state index contributed by atoms with van der Waals surface area (Å²) in [6.45, 7) is 11.1. The van der Waals surface area contributed by atoms with Crippen LogP contribution in [0.15, 0.2) is 0 Å². The average Bonchev–Trinajstić information content (AvgIpc) is 3.33. The van der Waals surface area contributed by atoms with E-state index in [1.165, 1.54) is 6.42 Å². The highest BCUT2D eigenvalue weighted by atomic mass is 16.5. The van der Waals surface area contributed by atoms with E-state index in [1.54, 1.807) is 6.92 Å². The highest BCUT2D eigenvalue weighted by molar-refractivity contribution is 5.88. The zero-order chi connectivity index (χ0) is 35.3. The monoisotopic (exact) mass is 667 g/mol. The van der Waals surface area contributed by atoms with Gasteiger partial charge < -0.3 is 35.6 Å². The largest absolute Gasteiger partial charge is 0.481 e. The molecule has 268 valence electrons. The molecule has 0 saturated heterocycles. The minimum atomic E-state index is -2.74. The van der Waals surface area contributed by atoms with Gasteiger partial charge in [0.2, 0.25) is 0 Å². The number of fused-ring (bicyclic) bond motifs is 5. The number of rotatable bonds is 13. The summed E-state index contributed by atoms with van der Waals surface area (Å²) in [6.07, 6.45) is 8.40. The van der Waals surface area contributed by atoms with E-state index >= 15 is 0 Å². The van der Waals surface area contributed by atoms with Gasteiger partial charge in [0.15, 0.2) is 5.60 Å². The number of hydrogen-bond acceptors (Lipinski definition) is 9. The zero-order valence-electron chi connectivity index (χ0n) is 28.7. The molecule has 4 fully saturated rings. The number of ketones is 1. The molecule has 0 aromatic heterocycles. The van der Waals surface area contributed by atoms with Crippen molar-refractivity contribution in [3.05, 3.63) is 0 Å². The van der Waals surface area contributed by atoms with E-state index in [4.69, 9.17) is 25.2 Å². The molecule has 0 radical (unpaired) electrons. The normalized spacial score (nSPS) is 35.2. The van der Waals surface area contributed by atoms with E-state index in [0.717, 1.165) is 57.8 Å². The Morgan fingerprint density at radius 2 is 1.55 bits per heavy atom. The molecule has 0 aliphatic heterocycles. The van der Waals surface area contributed by atoms with Crippen molar-refractivity contribution in [1.82, 2.24) is 5.32 Å². The minimum absolute atomic E-state index is 0.0823. The second-order valence-corrected chi connectivity index (χ2v) is 15.2. The molecule has 10 atom stereocenters. The fraction of sp³-hybridized carbons (Fsp3) is 0.857. The molecule has 12 nitrogen and oxygen atoms in total. The molecule has 0 aromatic rings. The maximum Gasteiger partial charge on any atom is 0.336 e. The Morgan fingerprint density at radius 1 is 0.915 bits per heavy atom. The van der Waals surface area contributed by atoms with Crippen LogP contribution in [-0.4, -0.2) is 85.6 Å². The van der Waals surface area contributed by atoms with Crippen LogP contribution in [0.25, 0.3) is 0 Å². The Bertz CT molecular complexity index is 1140. The SMILES string of the molecule is CCCC(CC)NCC(=O)OC1C[C@@H](O)C[C@@H]2CC[C@H]3[C@@H]4CC[C@H](C(C)=O)[C@@]4(C)CC[C@@H]3[C@@]12C.O=C(O)CC(O)(CC(=O)O)C(=O)O. The molecule has 0 amide bonds. The summed E-state index contributed by atoms with van der Waals surface area (Å²) in [4.78, 5) is 55.9. The third-order valence-corrected chi connectivity index (χ3v) is 12.4. The van der Waals surface area contributed by atoms with Crippen molar-refractivity contribution in [1.29, 1.82) is 0 Å². The first-order chi connectivity index (χ1) is 21.9. The van der Waals surface area contributed by atoms with Crippen molar-refractivity contribution in [2.45, 2.75) is 142 Å². The van der Waals surface area contributed by atoms with Crippen molar-refractivity contribution < 1.29 is 54.2 Å². The molecule has 0 spiro atoms. The number of Topliss-reactive ketones (excluding diaryl/α,β-unsaturated/α-hetero) is 1. The highest BCUT2D eigenvalue weighted by Gasteiger charge is 2.63. The molecule has 4 saturated carbocycles. The van der Waals surface area contributed by atoms with Crippen molar-refractivity contribution in [3.63, 3.8) is 0 Å². The quantitative estimate of drug-likeness (QED) is 0.154. The molecular weight excluding hydrogens is 610 g/mol. The Balaban J connectivity index is 0.000000392. The number of aliphatic hydroxyl groups is 2. The Morgan fingerprint density at radius 3 is 2.09 bits per heavy atom. The van der Waals surface area contributed by atoms with E-state index in [-0.39, 0.29) is 41.5 Å². The van der Waals surface area contributed by atoms with E-state index in [9.17, 15) is 29.1 Å². The maximum atomic E-state index is 13.0. The molecule has 4 aliphatic rings. The third kappa shape index (κ3) is 8.54. The number of ether oxygens (including phenoxy) is 1. The van der Waals surface area contributed by atoms with E-state index < -0.39 is 36.4 Å². The molecule has 0 aromatic carbocycles. The van der Waals surface area contributed by atoms with Crippen LogP contribution < -0.4 is 5.32 Å². The summed E-state index contributed by atoms with van der Waals surface area (Å²) in [5.41, 5.74) is -2.69. The Kier molecular flexibility index (Phi) is 13.0. The summed E-state index contributed by atoms with van der Waals surface area (Å²) in [6, 6.07) is 0.351. The van der Waals surface area contributed by atoms with Crippen LogP contribution in [0.1, 0.15) is 118 Å². The lowest BCUT2D eigenvalue weighted by atomic mass is 9.44. The number of carbonyl (C=O) groups is 5. The second-order valence-electron chi connectivity index (χ2n) is 15.2. The summed E-state index contributed by atoms with van der Waals surface area (Å²) in [5.74, 6) is -2.49. The molecule has 0 bridgehead atoms. The lowest BCUT2D eigenvalue weighted by Gasteiger charge is -2.62. The molecular formula is C35H57NO11. The van der Waals surface area contributed by atoms with Gasteiger partial charge in [0.1, 0.15) is 11.9 Å². The standard InChI is InChI=1S/C29H49NO4.C6H8O7/c1-6-8-20(7-2)30-17-27(33)34-26-16-21(32)15-19-9-10-22-24-12-11-23(18(3)31)28(24,4)14-13-25(22)29(19,26)5;7-3(8)1-6(13,5(11)12)2-4(9)10/h19-26,30,32H,6-17H2,1-5H3;13H,1-2H2,(H,7,8)(H,9,10)(H,11,12)/t19-,20?,21-,22-,23+,24-,25-,26?,28+,29-;/m0./s1. The number of esters is 1. The first-order valence-electron chi connectivity index (χ1n) is 17.4. The number of carbonyl (C=O) groups excluding carboxylic acids is 2. The van der Waals surface area contributed by atoms with Crippen LogP contribution in [0.5, 0.6) is 0 Å². The zero-order valence-corrected chi connectivity index (χ0v) is 28.7. The van der Waals surface area contributed by atoms with E-state index in [2.05, 4.69) is 33.0 Å². The van der Waals surface area contributed by atoms with Gasteiger partial charge in [-0.2, -0.15) is 0 Å². The summed E-state index contributed by atoms with van der Waals surface area (Å²) in [5, 5.41) is 47.9. The Hall–Kier alpha value is -2.57. The molecule has 4 rings (SSSR count). The van der Waals surface area contributed by atoms with Crippen LogP contribution in [0.4, 0.5) is 0 Å². The van der Waals surface area contributed by atoms with Gasteiger partial charge in [0.25, 0.3) is 0 Å². The van der Waals surface area contributed by atoms with Crippen LogP contribution >= 0.6 is 0 Å². The molecule has 4 aliphatic carbocycles.